The van der Waals surface area contributed by atoms with Crippen molar-refractivity contribution in [2.75, 3.05) is 24.6 Å². The molecular weight excluding hydrogens is 339 g/mol. The number of cyclic esters (lactones) is 1. The first kappa shape index (κ1) is 17.0. The number of carbonyl (C=O) groups excluding carboxylic acids is 2. The molecule has 1 aromatic carbocycles. The van der Waals surface area contributed by atoms with E-state index < -0.39 is 12.2 Å². The lowest BCUT2D eigenvalue weighted by Gasteiger charge is -2.15. The lowest BCUT2D eigenvalue weighted by Crippen LogP contribution is -2.33. The fourth-order valence-corrected chi connectivity index (χ4v) is 4.05. The van der Waals surface area contributed by atoms with Gasteiger partial charge in [-0.05, 0) is 47.9 Å². The van der Waals surface area contributed by atoms with E-state index in [0.29, 0.717) is 29.0 Å². The predicted octanol–water partition coefficient (Wildman–Crippen LogP) is 1.93. The number of rotatable bonds is 5. The van der Waals surface area contributed by atoms with E-state index in [1.54, 1.807) is 12.1 Å². The SMILES string of the molecule is CC(=O)NC[C@H]1CN(c2ccc(C3=C[C@H]4[C@@H](CO)[C@@H]4C3)c(F)c2)C(=O)O1. The van der Waals surface area contributed by atoms with Gasteiger partial charge in [-0.2, -0.15) is 0 Å². The molecule has 0 radical (unpaired) electrons. The monoisotopic (exact) mass is 360 g/mol. The smallest absolute Gasteiger partial charge is 0.414 e. The van der Waals surface area contributed by atoms with Crippen LogP contribution in [0.1, 0.15) is 18.9 Å². The number of anilines is 1. The number of halogens is 1. The number of ether oxygens (including phenoxy) is 1. The molecule has 4 atom stereocenters. The van der Waals surface area contributed by atoms with E-state index in [4.69, 9.17) is 4.74 Å². The minimum absolute atomic E-state index is 0.192. The van der Waals surface area contributed by atoms with Crippen molar-refractivity contribution in [3.05, 3.63) is 35.7 Å². The van der Waals surface area contributed by atoms with Crippen molar-refractivity contribution in [2.24, 2.45) is 17.8 Å². The van der Waals surface area contributed by atoms with Gasteiger partial charge < -0.3 is 15.2 Å². The van der Waals surface area contributed by atoms with Gasteiger partial charge in [0.15, 0.2) is 0 Å². The van der Waals surface area contributed by atoms with Gasteiger partial charge in [-0.15, -0.1) is 0 Å². The highest BCUT2D eigenvalue weighted by atomic mass is 19.1. The largest absolute Gasteiger partial charge is 0.442 e. The highest BCUT2D eigenvalue weighted by Gasteiger charge is 2.51. The van der Waals surface area contributed by atoms with Gasteiger partial charge in [0.05, 0.1) is 18.8 Å². The van der Waals surface area contributed by atoms with E-state index >= 15 is 0 Å². The second-order valence-corrected chi connectivity index (χ2v) is 7.20. The number of aliphatic hydroxyl groups excluding tert-OH is 1. The molecule has 0 unspecified atom stereocenters. The van der Waals surface area contributed by atoms with E-state index in [2.05, 4.69) is 11.4 Å². The molecule has 2 amide bonds. The highest BCUT2D eigenvalue weighted by molar-refractivity contribution is 5.90. The molecule has 1 aromatic rings. The van der Waals surface area contributed by atoms with Crippen molar-refractivity contribution < 1.29 is 23.8 Å². The minimum Gasteiger partial charge on any atom is -0.442 e. The topological polar surface area (TPSA) is 78.9 Å². The Morgan fingerprint density at radius 3 is 2.88 bits per heavy atom. The number of aliphatic hydroxyl groups is 1. The van der Waals surface area contributed by atoms with Crippen molar-refractivity contribution in [3.63, 3.8) is 0 Å². The molecule has 26 heavy (non-hydrogen) atoms. The van der Waals surface area contributed by atoms with Crippen LogP contribution in [0.4, 0.5) is 14.9 Å². The van der Waals surface area contributed by atoms with Crippen molar-refractivity contribution >= 4 is 23.3 Å². The predicted molar refractivity (Wildman–Crippen MR) is 92.8 cm³/mol. The highest BCUT2D eigenvalue weighted by Crippen LogP contribution is 2.57. The van der Waals surface area contributed by atoms with Crippen LogP contribution in [0.2, 0.25) is 0 Å². The van der Waals surface area contributed by atoms with Gasteiger partial charge in [0.2, 0.25) is 5.91 Å². The van der Waals surface area contributed by atoms with Crippen molar-refractivity contribution in [1.82, 2.24) is 5.32 Å². The van der Waals surface area contributed by atoms with Crippen molar-refractivity contribution in [3.8, 4) is 0 Å². The van der Waals surface area contributed by atoms with Crippen molar-refractivity contribution in [2.45, 2.75) is 19.4 Å². The molecule has 2 fully saturated rings. The number of nitrogens with zero attached hydrogens (tertiary/aromatic N) is 1. The molecule has 6 nitrogen and oxygen atoms in total. The van der Waals surface area contributed by atoms with Gasteiger partial charge in [-0.3, -0.25) is 9.69 Å². The van der Waals surface area contributed by atoms with E-state index in [1.165, 1.54) is 17.9 Å². The molecule has 1 saturated heterocycles. The molecule has 138 valence electrons. The minimum atomic E-state index is -0.542. The third kappa shape index (κ3) is 2.96. The second-order valence-electron chi connectivity index (χ2n) is 7.20. The second kappa shape index (κ2) is 6.39. The Labute approximate surface area is 150 Å². The first-order valence-electron chi connectivity index (χ1n) is 8.82. The van der Waals surface area contributed by atoms with Crippen LogP contribution in [0.3, 0.4) is 0 Å². The fraction of sp³-hybridized carbons (Fsp3) is 0.474. The van der Waals surface area contributed by atoms with E-state index in [1.807, 2.05) is 0 Å². The summed E-state index contributed by atoms with van der Waals surface area (Å²) in [7, 11) is 0. The van der Waals surface area contributed by atoms with Gasteiger partial charge >= 0.3 is 6.09 Å². The zero-order valence-corrected chi connectivity index (χ0v) is 14.4. The molecule has 0 bridgehead atoms. The molecule has 3 aliphatic rings. The number of benzene rings is 1. The number of allylic oxidation sites excluding steroid dienone is 2. The van der Waals surface area contributed by atoms with Crippen LogP contribution >= 0.6 is 0 Å². The third-order valence-electron chi connectivity index (χ3n) is 5.52. The Hall–Kier alpha value is -2.41. The number of fused-ring (bicyclic) bond motifs is 1. The summed E-state index contributed by atoms with van der Waals surface area (Å²) in [5.74, 6) is 0.588. The van der Waals surface area contributed by atoms with Gasteiger partial charge in [0.1, 0.15) is 11.9 Å². The quantitative estimate of drug-likeness (QED) is 0.841. The molecule has 1 heterocycles. The average Bonchev–Trinajstić information content (AvgIpc) is 2.93. The first-order valence-corrected chi connectivity index (χ1v) is 8.82. The summed E-state index contributed by atoms with van der Waals surface area (Å²) in [4.78, 5) is 24.4. The van der Waals surface area contributed by atoms with E-state index in [0.717, 1.165) is 12.0 Å². The summed E-state index contributed by atoms with van der Waals surface area (Å²) in [6, 6.07) is 4.77. The Kier molecular flexibility index (Phi) is 4.19. The van der Waals surface area contributed by atoms with Crippen LogP contribution in [-0.4, -0.2) is 42.9 Å². The fourth-order valence-electron chi connectivity index (χ4n) is 4.05. The van der Waals surface area contributed by atoms with Gasteiger partial charge in [0, 0.05) is 19.1 Å². The number of amides is 2. The molecule has 0 spiro atoms. The normalized spacial score (nSPS) is 29.3. The van der Waals surface area contributed by atoms with Crippen LogP contribution in [0.15, 0.2) is 24.3 Å². The van der Waals surface area contributed by atoms with Gasteiger partial charge in [0.25, 0.3) is 0 Å². The van der Waals surface area contributed by atoms with Crippen LogP contribution in [0.5, 0.6) is 0 Å². The maximum Gasteiger partial charge on any atom is 0.414 e. The number of hydrogen-bond acceptors (Lipinski definition) is 4. The van der Waals surface area contributed by atoms with Crippen LogP contribution in [0, 0.1) is 23.6 Å². The van der Waals surface area contributed by atoms with Crippen LogP contribution in [-0.2, 0) is 9.53 Å². The molecule has 4 rings (SSSR count). The standard InChI is InChI=1S/C19H21FN2O4/c1-10(24)21-7-13-8-22(19(25)26-13)12-2-3-14(18(20)6-12)11-4-15-16(5-11)17(15)9-23/h2-4,6,13,15-17,23H,5,7-9H2,1H3,(H,21,24)/t13-,15+,16+,17+/m0/s1. The van der Waals surface area contributed by atoms with Crippen molar-refractivity contribution in [1.29, 1.82) is 0 Å². The Bertz CT molecular complexity index is 794. The lowest BCUT2D eigenvalue weighted by atomic mass is 10.00. The molecular formula is C19H21FN2O4. The summed E-state index contributed by atoms with van der Waals surface area (Å²) < 4.78 is 19.8. The summed E-state index contributed by atoms with van der Waals surface area (Å²) >= 11 is 0. The number of hydrogen-bond donors (Lipinski definition) is 2. The summed E-state index contributed by atoms with van der Waals surface area (Å²) in [5.41, 5.74) is 1.97. The Balaban J connectivity index is 1.46. The van der Waals surface area contributed by atoms with Crippen LogP contribution in [0.25, 0.3) is 5.57 Å². The summed E-state index contributed by atoms with van der Waals surface area (Å²) in [5, 5.41) is 11.8. The lowest BCUT2D eigenvalue weighted by molar-refractivity contribution is -0.119. The van der Waals surface area contributed by atoms with Crippen LogP contribution < -0.4 is 10.2 Å². The summed E-state index contributed by atoms with van der Waals surface area (Å²) in [6.07, 6.45) is 1.86. The van der Waals surface area contributed by atoms with E-state index in [9.17, 15) is 19.1 Å². The van der Waals surface area contributed by atoms with Gasteiger partial charge in [-0.25, -0.2) is 9.18 Å². The molecule has 1 aliphatic heterocycles. The molecule has 2 aliphatic carbocycles. The molecule has 0 aromatic heterocycles. The van der Waals surface area contributed by atoms with Gasteiger partial charge in [-0.1, -0.05) is 6.08 Å². The Morgan fingerprint density at radius 1 is 1.46 bits per heavy atom. The maximum absolute atomic E-state index is 14.6. The summed E-state index contributed by atoms with van der Waals surface area (Å²) in [6.45, 7) is 2.09. The maximum atomic E-state index is 14.6. The average molecular weight is 360 g/mol. The molecule has 1 saturated carbocycles. The Morgan fingerprint density at radius 2 is 2.27 bits per heavy atom. The first-order chi connectivity index (χ1) is 12.5. The number of carbonyl (C=O) groups is 2. The number of nitrogens with one attached hydrogen (secondary N) is 1. The molecule has 2 N–H and O–H groups in total. The third-order valence-corrected chi connectivity index (χ3v) is 5.52. The molecule has 7 heteroatoms. The zero-order valence-electron chi connectivity index (χ0n) is 14.4. The van der Waals surface area contributed by atoms with E-state index in [-0.39, 0.29) is 31.4 Å². The zero-order chi connectivity index (χ0) is 18.4.